The molecular weight excluding hydrogens is 290 g/mol. The smallest absolute Gasteiger partial charge is 0.223 e. The molecule has 2 N–H and O–H groups in total. The Morgan fingerprint density at radius 1 is 1.33 bits per heavy atom. The molecule has 116 valence electrons. The summed E-state index contributed by atoms with van der Waals surface area (Å²) < 4.78 is 5.50. The number of halogens is 1. The topological polar surface area (TPSA) is 58.6 Å². The monoisotopic (exact) mass is 311 g/mol. The largest absolute Gasteiger partial charge is 0.493 e. The molecule has 0 aliphatic heterocycles. The van der Waals surface area contributed by atoms with Crippen LogP contribution in [0, 0.1) is 5.92 Å². The molecule has 1 saturated carbocycles. The van der Waals surface area contributed by atoms with Gasteiger partial charge in [-0.15, -0.1) is 0 Å². The zero-order valence-electron chi connectivity index (χ0n) is 12.1. The van der Waals surface area contributed by atoms with Crippen molar-refractivity contribution in [2.45, 2.75) is 38.1 Å². The molecule has 0 saturated heterocycles. The molecule has 2 rings (SSSR count). The van der Waals surface area contributed by atoms with Crippen molar-refractivity contribution in [3.05, 3.63) is 29.3 Å². The summed E-state index contributed by atoms with van der Waals surface area (Å²) >= 11 is 5.86. The Kier molecular flexibility index (Phi) is 6.33. The third-order valence-electron chi connectivity index (χ3n) is 3.86. The molecule has 4 nitrogen and oxygen atoms in total. The number of carbonyl (C=O) groups is 1. The highest BCUT2D eigenvalue weighted by atomic mass is 35.5. The Labute approximate surface area is 130 Å². The van der Waals surface area contributed by atoms with Gasteiger partial charge in [-0.05, 0) is 49.8 Å². The predicted octanol–water partition coefficient (Wildman–Crippen LogP) is 2.78. The van der Waals surface area contributed by atoms with Crippen molar-refractivity contribution in [1.82, 2.24) is 5.32 Å². The minimum atomic E-state index is 0.0180. The van der Waals surface area contributed by atoms with E-state index in [9.17, 15) is 4.79 Å². The molecule has 0 heterocycles. The summed E-state index contributed by atoms with van der Waals surface area (Å²) in [6.45, 7) is 0.603. The molecule has 1 fully saturated rings. The lowest BCUT2D eigenvalue weighted by Gasteiger charge is -2.27. The van der Waals surface area contributed by atoms with Gasteiger partial charge in [-0.3, -0.25) is 4.79 Å². The minimum Gasteiger partial charge on any atom is -0.493 e. The Morgan fingerprint density at radius 3 is 2.76 bits per heavy atom. The van der Waals surface area contributed by atoms with E-state index in [1.54, 1.807) is 12.1 Å². The third-order valence-corrected chi connectivity index (χ3v) is 4.10. The van der Waals surface area contributed by atoms with Crippen molar-refractivity contribution in [3.8, 4) is 5.75 Å². The number of benzene rings is 1. The molecule has 0 spiro atoms. The molecule has 0 atom stereocenters. The number of carbonyl (C=O) groups excluding carboxylic acids is 1. The van der Waals surface area contributed by atoms with Crippen LogP contribution in [-0.4, -0.2) is 30.3 Å². The molecule has 0 unspecified atom stereocenters. The average Bonchev–Trinajstić information content (AvgIpc) is 2.48. The zero-order valence-corrected chi connectivity index (χ0v) is 12.8. The highest BCUT2D eigenvalue weighted by Gasteiger charge is 2.21. The molecule has 1 aliphatic rings. The zero-order chi connectivity index (χ0) is 15.1. The number of aliphatic hydroxyl groups is 1. The standard InChI is InChI=1S/C16H22ClNO3/c17-13-2-1-3-15(10-13)21-9-8-16(20)18-14-6-4-12(11-19)5-7-14/h1-3,10,12,14,19H,4-9,11H2,(H,18,20). The highest BCUT2D eigenvalue weighted by Crippen LogP contribution is 2.23. The molecule has 21 heavy (non-hydrogen) atoms. The Balaban J connectivity index is 1.64. The summed E-state index contributed by atoms with van der Waals surface area (Å²) in [7, 11) is 0. The molecule has 1 amide bonds. The summed E-state index contributed by atoms with van der Waals surface area (Å²) in [5.41, 5.74) is 0. The second kappa shape index (κ2) is 8.25. The van der Waals surface area contributed by atoms with Gasteiger partial charge >= 0.3 is 0 Å². The van der Waals surface area contributed by atoms with Gasteiger partial charge in [0.15, 0.2) is 0 Å². The van der Waals surface area contributed by atoms with Crippen LogP contribution in [0.4, 0.5) is 0 Å². The summed E-state index contributed by atoms with van der Waals surface area (Å²) in [4.78, 5) is 11.9. The van der Waals surface area contributed by atoms with Crippen LogP contribution in [0.3, 0.4) is 0 Å². The Hall–Kier alpha value is -1.26. The van der Waals surface area contributed by atoms with Crippen LogP contribution in [0.1, 0.15) is 32.1 Å². The lowest BCUT2D eigenvalue weighted by Crippen LogP contribution is -2.38. The van der Waals surface area contributed by atoms with E-state index in [4.69, 9.17) is 21.4 Å². The van der Waals surface area contributed by atoms with Crippen molar-refractivity contribution in [1.29, 1.82) is 0 Å². The van der Waals surface area contributed by atoms with Gasteiger partial charge in [-0.25, -0.2) is 0 Å². The van der Waals surface area contributed by atoms with Crippen LogP contribution >= 0.6 is 11.6 Å². The first-order valence-electron chi connectivity index (χ1n) is 7.46. The highest BCUT2D eigenvalue weighted by molar-refractivity contribution is 6.30. The summed E-state index contributed by atoms with van der Waals surface area (Å²) in [5.74, 6) is 1.10. The van der Waals surface area contributed by atoms with Gasteiger partial charge in [0, 0.05) is 17.7 Å². The number of ether oxygens (including phenoxy) is 1. The van der Waals surface area contributed by atoms with Gasteiger partial charge in [-0.2, -0.15) is 0 Å². The fourth-order valence-electron chi connectivity index (χ4n) is 2.61. The van der Waals surface area contributed by atoms with Crippen molar-refractivity contribution < 1.29 is 14.6 Å². The summed E-state index contributed by atoms with van der Waals surface area (Å²) in [5, 5.41) is 12.7. The molecular formula is C16H22ClNO3. The molecule has 0 radical (unpaired) electrons. The lowest BCUT2D eigenvalue weighted by molar-refractivity contribution is -0.122. The first-order valence-corrected chi connectivity index (χ1v) is 7.83. The molecule has 1 aliphatic carbocycles. The fourth-order valence-corrected chi connectivity index (χ4v) is 2.79. The van der Waals surface area contributed by atoms with E-state index in [0.717, 1.165) is 25.7 Å². The van der Waals surface area contributed by atoms with Gasteiger partial charge in [0.25, 0.3) is 0 Å². The van der Waals surface area contributed by atoms with Crippen molar-refractivity contribution in [2.75, 3.05) is 13.2 Å². The minimum absolute atomic E-state index is 0.0180. The molecule has 1 aromatic rings. The number of aliphatic hydroxyl groups excluding tert-OH is 1. The van der Waals surface area contributed by atoms with Gasteiger partial charge in [0.1, 0.15) is 5.75 Å². The molecule has 0 bridgehead atoms. The maximum absolute atomic E-state index is 11.9. The number of nitrogens with one attached hydrogen (secondary N) is 1. The second-order valence-corrected chi connectivity index (χ2v) is 5.96. The van der Waals surface area contributed by atoms with Gasteiger partial charge in [0.2, 0.25) is 5.91 Å². The van der Waals surface area contributed by atoms with Crippen molar-refractivity contribution in [3.63, 3.8) is 0 Å². The normalized spacial score (nSPS) is 21.8. The van der Waals surface area contributed by atoms with E-state index in [1.807, 2.05) is 12.1 Å². The number of amides is 1. The maximum Gasteiger partial charge on any atom is 0.223 e. The van der Waals surface area contributed by atoms with Gasteiger partial charge in [0.05, 0.1) is 13.0 Å². The second-order valence-electron chi connectivity index (χ2n) is 5.52. The van der Waals surface area contributed by atoms with Crippen LogP contribution in [-0.2, 0) is 4.79 Å². The summed E-state index contributed by atoms with van der Waals surface area (Å²) in [6.07, 6.45) is 4.21. The van der Waals surface area contributed by atoms with Crippen LogP contribution in [0.5, 0.6) is 5.75 Å². The predicted molar refractivity (Wildman–Crippen MR) is 82.5 cm³/mol. The first-order chi connectivity index (χ1) is 10.2. The van der Waals surface area contributed by atoms with E-state index in [0.29, 0.717) is 29.7 Å². The first kappa shape index (κ1) is 16.1. The van der Waals surface area contributed by atoms with Crippen LogP contribution < -0.4 is 10.1 Å². The SMILES string of the molecule is O=C(CCOc1cccc(Cl)c1)NC1CCC(CO)CC1. The summed E-state index contributed by atoms with van der Waals surface area (Å²) in [6, 6.07) is 7.39. The lowest BCUT2D eigenvalue weighted by atomic mass is 9.86. The molecule has 5 heteroatoms. The third kappa shape index (κ3) is 5.56. The van der Waals surface area contributed by atoms with E-state index in [-0.39, 0.29) is 18.6 Å². The van der Waals surface area contributed by atoms with Crippen molar-refractivity contribution in [2.24, 2.45) is 5.92 Å². The van der Waals surface area contributed by atoms with Crippen LogP contribution in [0.2, 0.25) is 5.02 Å². The van der Waals surface area contributed by atoms with E-state index in [2.05, 4.69) is 5.32 Å². The quantitative estimate of drug-likeness (QED) is 0.849. The molecule has 1 aromatic carbocycles. The Morgan fingerprint density at radius 2 is 2.10 bits per heavy atom. The number of hydrogen-bond acceptors (Lipinski definition) is 3. The average molecular weight is 312 g/mol. The molecule has 0 aromatic heterocycles. The van der Waals surface area contributed by atoms with Crippen molar-refractivity contribution >= 4 is 17.5 Å². The number of hydrogen-bond donors (Lipinski definition) is 2. The number of rotatable bonds is 6. The Bertz CT molecular complexity index is 459. The van der Waals surface area contributed by atoms with Crippen LogP contribution in [0.15, 0.2) is 24.3 Å². The van der Waals surface area contributed by atoms with E-state index >= 15 is 0 Å². The van der Waals surface area contributed by atoms with Gasteiger partial charge < -0.3 is 15.2 Å². The van der Waals surface area contributed by atoms with Gasteiger partial charge in [-0.1, -0.05) is 17.7 Å². The fraction of sp³-hybridized carbons (Fsp3) is 0.562. The maximum atomic E-state index is 11.9. The van der Waals surface area contributed by atoms with Crippen LogP contribution in [0.25, 0.3) is 0 Å². The van der Waals surface area contributed by atoms with E-state index < -0.39 is 0 Å². The van der Waals surface area contributed by atoms with E-state index in [1.165, 1.54) is 0 Å².